The van der Waals surface area contributed by atoms with E-state index in [1.165, 1.54) is 11.8 Å². The number of H-pyrrole nitrogens is 1. The molecular weight excluding hydrogens is 398 g/mol. The van der Waals surface area contributed by atoms with Crippen molar-refractivity contribution >= 4 is 41.2 Å². The molecule has 154 valence electrons. The van der Waals surface area contributed by atoms with Crippen molar-refractivity contribution in [2.45, 2.75) is 5.16 Å². The molecule has 2 aromatic carbocycles. The highest BCUT2D eigenvalue weighted by Gasteiger charge is 2.11. The molecule has 1 fully saturated rings. The standard InChI is InChI=1S/C22H23N5O2S/c28-21(23-18-7-9-19(10-8-18)27-12-14-29-15-13-27)16-30-22-24-20(25-26-22)11-6-17-4-2-1-3-5-17/h1-11H,12-16H2,(H,23,28)(H,24,25,26)/b11-6+. The molecule has 0 spiro atoms. The van der Waals surface area contributed by atoms with Crippen LogP contribution in [-0.4, -0.2) is 53.1 Å². The van der Waals surface area contributed by atoms with E-state index in [4.69, 9.17) is 4.74 Å². The summed E-state index contributed by atoms with van der Waals surface area (Å²) < 4.78 is 5.38. The number of rotatable bonds is 7. The van der Waals surface area contributed by atoms with E-state index in [1.807, 2.05) is 66.7 Å². The van der Waals surface area contributed by atoms with Gasteiger partial charge in [-0.3, -0.25) is 9.89 Å². The first kappa shape index (κ1) is 20.2. The van der Waals surface area contributed by atoms with Crippen LogP contribution < -0.4 is 10.2 Å². The largest absolute Gasteiger partial charge is 0.378 e. The van der Waals surface area contributed by atoms with Gasteiger partial charge in [0.05, 0.1) is 19.0 Å². The summed E-state index contributed by atoms with van der Waals surface area (Å²) in [4.78, 5) is 18.9. The topological polar surface area (TPSA) is 83.1 Å². The number of aromatic nitrogens is 3. The number of hydrogen-bond donors (Lipinski definition) is 2. The van der Waals surface area contributed by atoms with E-state index >= 15 is 0 Å². The van der Waals surface area contributed by atoms with Crippen LogP contribution in [0.25, 0.3) is 12.2 Å². The van der Waals surface area contributed by atoms with Crippen molar-refractivity contribution in [1.29, 1.82) is 0 Å². The van der Waals surface area contributed by atoms with Gasteiger partial charge in [-0.2, -0.15) is 0 Å². The Bertz CT molecular complexity index is 982. The smallest absolute Gasteiger partial charge is 0.234 e. The quantitative estimate of drug-likeness (QED) is 0.568. The minimum Gasteiger partial charge on any atom is -0.378 e. The second-order valence-electron chi connectivity index (χ2n) is 6.73. The van der Waals surface area contributed by atoms with Gasteiger partial charge in [-0.15, -0.1) is 5.10 Å². The van der Waals surface area contributed by atoms with Crippen LogP contribution in [0, 0.1) is 0 Å². The summed E-state index contributed by atoms with van der Waals surface area (Å²) in [5.74, 6) is 0.802. The molecule has 7 nitrogen and oxygen atoms in total. The van der Waals surface area contributed by atoms with Crippen molar-refractivity contribution in [3.8, 4) is 0 Å². The number of nitrogens with zero attached hydrogens (tertiary/aromatic N) is 3. The first-order valence-corrected chi connectivity index (χ1v) is 10.8. The Morgan fingerprint density at radius 3 is 2.63 bits per heavy atom. The van der Waals surface area contributed by atoms with Gasteiger partial charge in [0, 0.05) is 24.5 Å². The lowest BCUT2D eigenvalue weighted by atomic mass is 10.2. The third-order valence-electron chi connectivity index (χ3n) is 4.58. The van der Waals surface area contributed by atoms with Gasteiger partial charge in [-0.25, -0.2) is 4.98 Å². The minimum absolute atomic E-state index is 0.0923. The van der Waals surface area contributed by atoms with Gasteiger partial charge in [-0.1, -0.05) is 48.2 Å². The lowest BCUT2D eigenvalue weighted by Crippen LogP contribution is -2.36. The van der Waals surface area contributed by atoms with E-state index in [-0.39, 0.29) is 11.7 Å². The Labute approximate surface area is 179 Å². The fourth-order valence-corrected chi connectivity index (χ4v) is 3.65. The molecule has 1 amide bonds. The van der Waals surface area contributed by atoms with Crippen LogP contribution in [0.15, 0.2) is 59.8 Å². The van der Waals surface area contributed by atoms with Crippen LogP contribution in [0.5, 0.6) is 0 Å². The van der Waals surface area contributed by atoms with E-state index in [0.717, 1.165) is 43.2 Å². The Kier molecular flexibility index (Phi) is 6.79. The molecule has 1 aromatic heterocycles. The molecule has 2 N–H and O–H groups in total. The molecule has 1 aliphatic rings. The van der Waals surface area contributed by atoms with Crippen molar-refractivity contribution in [3.63, 3.8) is 0 Å². The van der Waals surface area contributed by atoms with Gasteiger partial charge in [0.25, 0.3) is 0 Å². The number of nitrogens with one attached hydrogen (secondary N) is 2. The van der Waals surface area contributed by atoms with E-state index in [1.54, 1.807) is 0 Å². The molecule has 0 atom stereocenters. The first-order valence-electron chi connectivity index (χ1n) is 9.77. The minimum atomic E-state index is -0.0923. The van der Waals surface area contributed by atoms with Crippen molar-refractivity contribution < 1.29 is 9.53 Å². The number of amides is 1. The number of benzene rings is 2. The second kappa shape index (κ2) is 10.1. The number of carbonyl (C=O) groups excluding carboxylic acids is 1. The van der Waals surface area contributed by atoms with Crippen LogP contribution >= 0.6 is 11.8 Å². The number of hydrogen-bond acceptors (Lipinski definition) is 6. The molecule has 2 heterocycles. The van der Waals surface area contributed by atoms with E-state index < -0.39 is 0 Å². The van der Waals surface area contributed by atoms with E-state index in [2.05, 4.69) is 25.4 Å². The Morgan fingerprint density at radius 1 is 1.10 bits per heavy atom. The second-order valence-corrected chi connectivity index (χ2v) is 7.67. The van der Waals surface area contributed by atoms with Crippen LogP contribution in [0.2, 0.25) is 0 Å². The van der Waals surface area contributed by atoms with Crippen LogP contribution in [0.1, 0.15) is 11.4 Å². The molecule has 0 bridgehead atoms. The van der Waals surface area contributed by atoms with E-state index in [0.29, 0.717) is 11.0 Å². The number of aromatic amines is 1. The normalized spacial score (nSPS) is 14.2. The molecule has 8 heteroatoms. The third-order valence-corrected chi connectivity index (χ3v) is 5.42. The van der Waals surface area contributed by atoms with Gasteiger partial charge in [0.15, 0.2) is 0 Å². The average molecular weight is 422 g/mol. The maximum absolute atomic E-state index is 12.3. The van der Waals surface area contributed by atoms with Gasteiger partial charge in [-0.05, 0) is 35.9 Å². The summed E-state index contributed by atoms with van der Waals surface area (Å²) in [7, 11) is 0. The van der Waals surface area contributed by atoms with Crippen molar-refractivity contribution in [2.75, 3.05) is 42.3 Å². The zero-order chi connectivity index (χ0) is 20.6. The highest BCUT2D eigenvalue weighted by Crippen LogP contribution is 2.20. The van der Waals surface area contributed by atoms with Crippen LogP contribution in [0.4, 0.5) is 11.4 Å². The van der Waals surface area contributed by atoms with Crippen molar-refractivity contribution in [1.82, 2.24) is 15.2 Å². The fourth-order valence-electron chi connectivity index (χ4n) is 3.04. The van der Waals surface area contributed by atoms with Crippen LogP contribution in [0.3, 0.4) is 0 Å². The number of carbonyl (C=O) groups is 1. The molecular formula is C22H23N5O2S. The average Bonchev–Trinajstić information content (AvgIpc) is 3.26. The summed E-state index contributed by atoms with van der Waals surface area (Å²) >= 11 is 1.29. The summed E-state index contributed by atoms with van der Waals surface area (Å²) in [5, 5.41) is 10.5. The Balaban J connectivity index is 1.25. The number of morpholine rings is 1. The highest BCUT2D eigenvalue weighted by atomic mass is 32.2. The molecule has 0 aliphatic carbocycles. The number of anilines is 2. The van der Waals surface area contributed by atoms with Gasteiger partial charge >= 0.3 is 0 Å². The van der Waals surface area contributed by atoms with Gasteiger partial charge in [0.1, 0.15) is 5.82 Å². The Hall–Kier alpha value is -3.10. The van der Waals surface area contributed by atoms with Crippen LogP contribution in [-0.2, 0) is 9.53 Å². The molecule has 1 saturated heterocycles. The fraction of sp³-hybridized carbons (Fsp3) is 0.227. The first-order chi connectivity index (χ1) is 14.8. The summed E-state index contributed by atoms with van der Waals surface area (Å²) in [6.07, 6.45) is 3.82. The molecule has 0 radical (unpaired) electrons. The molecule has 4 rings (SSSR count). The van der Waals surface area contributed by atoms with Crippen molar-refractivity contribution in [3.05, 3.63) is 66.0 Å². The predicted molar refractivity (Wildman–Crippen MR) is 121 cm³/mol. The molecule has 1 aliphatic heterocycles. The zero-order valence-electron chi connectivity index (χ0n) is 16.5. The Morgan fingerprint density at radius 2 is 1.87 bits per heavy atom. The molecule has 0 saturated carbocycles. The highest BCUT2D eigenvalue weighted by molar-refractivity contribution is 7.99. The lowest BCUT2D eigenvalue weighted by Gasteiger charge is -2.28. The predicted octanol–water partition coefficient (Wildman–Crippen LogP) is 3.54. The van der Waals surface area contributed by atoms with Gasteiger partial charge < -0.3 is 15.0 Å². The number of ether oxygens (including phenoxy) is 1. The maximum Gasteiger partial charge on any atom is 0.234 e. The van der Waals surface area contributed by atoms with Gasteiger partial charge in [0.2, 0.25) is 11.1 Å². The zero-order valence-corrected chi connectivity index (χ0v) is 17.3. The van der Waals surface area contributed by atoms with E-state index in [9.17, 15) is 4.79 Å². The molecule has 3 aromatic rings. The molecule has 0 unspecified atom stereocenters. The lowest BCUT2D eigenvalue weighted by molar-refractivity contribution is -0.113. The monoisotopic (exact) mass is 421 g/mol. The SMILES string of the molecule is O=C(CSc1n[nH]c(/C=C/c2ccccc2)n1)Nc1ccc(N2CCOCC2)cc1. The third kappa shape index (κ3) is 5.71. The summed E-state index contributed by atoms with van der Waals surface area (Å²) in [5.41, 5.74) is 3.00. The summed E-state index contributed by atoms with van der Waals surface area (Å²) in [6, 6.07) is 17.9. The maximum atomic E-state index is 12.3. The van der Waals surface area contributed by atoms with Crippen molar-refractivity contribution in [2.24, 2.45) is 0 Å². The number of thioether (sulfide) groups is 1. The summed E-state index contributed by atoms with van der Waals surface area (Å²) in [6.45, 7) is 3.28. The molecule has 30 heavy (non-hydrogen) atoms.